The van der Waals surface area contributed by atoms with Gasteiger partial charge in [0.1, 0.15) is 0 Å². The Balaban J connectivity index is 1.86. The van der Waals surface area contributed by atoms with Crippen molar-refractivity contribution in [2.45, 2.75) is 12.8 Å². The van der Waals surface area contributed by atoms with Crippen molar-refractivity contribution >= 4 is 45.8 Å². The minimum Gasteiger partial charge on any atom is -0.452 e. The molecule has 6 heteroatoms. The zero-order chi connectivity index (χ0) is 18.1. The number of hydrogen-bond acceptors (Lipinski definition) is 5. The first-order valence-corrected chi connectivity index (χ1v) is 9.13. The SMILES string of the molecule is NC(=O)COC(=O)c1c2c(nc3ccccc13)/C(=C/c1cccs1)CC2. The Morgan fingerprint density at radius 1 is 1.19 bits per heavy atom. The van der Waals surface area contributed by atoms with Crippen molar-refractivity contribution in [3.05, 3.63) is 63.5 Å². The molecule has 2 aromatic heterocycles. The summed E-state index contributed by atoms with van der Waals surface area (Å²) in [6, 6.07) is 11.5. The Morgan fingerprint density at radius 2 is 2.04 bits per heavy atom. The molecule has 26 heavy (non-hydrogen) atoms. The van der Waals surface area contributed by atoms with Crippen LogP contribution in [0.25, 0.3) is 22.6 Å². The van der Waals surface area contributed by atoms with Gasteiger partial charge in [0, 0.05) is 10.3 Å². The third kappa shape index (κ3) is 2.99. The van der Waals surface area contributed by atoms with Crippen LogP contribution in [0.1, 0.15) is 32.9 Å². The number of benzene rings is 1. The maximum absolute atomic E-state index is 12.7. The highest BCUT2D eigenvalue weighted by molar-refractivity contribution is 7.10. The normalized spacial score (nSPS) is 14.5. The first kappa shape index (κ1) is 16.5. The molecule has 0 radical (unpaired) electrons. The van der Waals surface area contributed by atoms with E-state index < -0.39 is 18.5 Å². The summed E-state index contributed by atoms with van der Waals surface area (Å²) in [5.41, 5.74) is 9.15. The number of carbonyl (C=O) groups is 2. The number of amides is 1. The van der Waals surface area contributed by atoms with E-state index in [-0.39, 0.29) is 0 Å². The fourth-order valence-electron chi connectivity index (χ4n) is 3.27. The predicted octanol–water partition coefficient (Wildman–Crippen LogP) is 3.43. The lowest BCUT2D eigenvalue weighted by atomic mass is 10.0. The van der Waals surface area contributed by atoms with Crippen molar-refractivity contribution in [3.63, 3.8) is 0 Å². The first-order valence-electron chi connectivity index (χ1n) is 8.25. The number of carbonyl (C=O) groups excluding carboxylic acids is 2. The lowest BCUT2D eigenvalue weighted by molar-refractivity contribution is -0.121. The van der Waals surface area contributed by atoms with Crippen molar-refractivity contribution in [1.29, 1.82) is 0 Å². The standard InChI is InChI=1S/C20H16N2O3S/c21-17(23)11-25-20(24)18-14-5-1-2-6-16(14)22-19-12(7-8-15(18)19)10-13-4-3-9-26-13/h1-6,9-10H,7-8,11H2,(H2,21,23)/b12-10+. The van der Waals surface area contributed by atoms with Crippen molar-refractivity contribution in [1.82, 2.24) is 4.98 Å². The molecule has 3 aromatic rings. The van der Waals surface area contributed by atoms with Gasteiger partial charge in [-0.1, -0.05) is 24.3 Å². The summed E-state index contributed by atoms with van der Waals surface area (Å²) in [5.74, 6) is -1.21. The molecule has 1 aromatic carbocycles. The molecule has 1 aliphatic rings. The lowest BCUT2D eigenvalue weighted by Crippen LogP contribution is -2.21. The van der Waals surface area contributed by atoms with E-state index in [9.17, 15) is 9.59 Å². The van der Waals surface area contributed by atoms with Crippen LogP contribution in [0.2, 0.25) is 0 Å². The Bertz CT molecular complexity index is 1040. The highest BCUT2D eigenvalue weighted by Gasteiger charge is 2.27. The number of aromatic nitrogens is 1. The number of esters is 1. The van der Waals surface area contributed by atoms with Crippen molar-refractivity contribution in [2.75, 3.05) is 6.61 Å². The molecule has 0 unspecified atom stereocenters. The summed E-state index contributed by atoms with van der Waals surface area (Å²) in [4.78, 5) is 29.6. The van der Waals surface area contributed by atoms with Crippen molar-refractivity contribution in [3.8, 4) is 0 Å². The van der Waals surface area contributed by atoms with Crippen molar-refractivity contribution in [2.24, 2.45) is 5.73 Å². The van der Waals surface area contributed by atoms with Crippen LogP contribution in [0.5, 0.6) is 0 Å². The molecular weight excluding hydrogens is 348 g/mol. The number of hydrogen-bond donors (Lipinski definition) is 1. The van der Waals surface area contributed by atoms with E-state index in [2.05, 4.69) is 12.1 Å². The molecule has 130 valence electrons. The van der Waals surface area contributed by atoms with Gasteiger partial charge in [-0.3, -0.25) is 4.79 Å². The first-order chi connectivity index (χ1) is 12.6. The molecule has 2 N–H and O–H groups in total. The van der Waals surface area contributed by atoms with Gasteiger partial charge in [-0.2, -0.15) is 0 Å². The van der Waals surface area contributed by atoms with E-state index in [1.165, 1.54) is 0 Å². The Morgan fingerprint density at radius 3 is 2.81 bits per heavy atom. The average Bonchev–Trinajstić information content (AvgIpc) is 3.28. The fraction of sp³-hybridized carbons (Fsp3) is 0.150. The highest BCUT2D eigenvalue weighted by atomic mass is 32.1. The van der Waals surface area contributed by atoms with Crippen LogP contribution in [0.3, 0.4) is 0 Å². The summed E-state index contributed by atoms with van der Waals surface area (Å²) in [6.07, 6.45) is 3.65. The van der Waals surface area contributed by atoms with E-state index in [1.807, 2.05) is 35.7 Å². The summed E-state index contributed by atoms with van der Waals surface area (Å²) < 4.78 is 5.11. The van der Waals surface area contributed by atoms with Crippen molar-refractivity contribution < 1.29 is 14.3 Å². The van der Waals surface area contributed by atoms with Gasteiger partial charge < -0.3 is 10.5 Å². The van der Waals surface area contributed by atoms with E-state index in [0.717, 1.165) is 39.0 Å². The van der Waals surface area contributed by atoms with Crippen LogP contribution < -0.4 is 5.73 Å². The topological polar surface area (TPSA) is 82.3 Å². The monoisotopic (exact) mass is 364 g/mol. The van der Waals surface area contributed by atoms with Gasteiger partial charge in [0.25, 0.3) is 5.91 Å². The maximum Gasteiger partial charge on any atom is 0.339 e. The Labute approximate surface area is 154 Å². The minimum atomic E-state index is -0.674. The van der Waals surface area contributed by atoms with Gasteiger partial charge in [-0.25, -0.2) is 9.78 Å². The third-order valence-electron chi connectivity index (χ3n) is 4.35. The Kier molecular flexibility index (Phi) is 4.26. The van der Waals surface area contributed by atoms with Gasteiger partial charge in [-0.05, 0) is 47.6 Å². The predicted molar refractivity (Wildman–Crippen MR) is 102 cm³/mol. The smallest absolute Gasteiger partial charge is 0.339 e. The van der Waals surface area contributed by atoms with Gasteiger partial charge >= 0.3 is 5.97 Å². The quantitative estimate of drug-likeness (QED) is 0.719. The largest absolute Gasteiger partial charge is 0.452 e. The fourth-order valence-corrected chi connectivity index (χ4v) is 3.95. The molecule has 1 amide bonds. The second-order valence-corrected chi connectivity index (χ2v) is 7.04. The number of rotatable bonds is 4. The number of nitrogens with two attached hydrogens (primary N) is 1. The third-order valence-corrected chi connectivity index (χ3v) is 5.17. The van der Waals surface area contributed by atoms with Crippen LogP contribution in [-0.2, 0) is 16.0 Å². The lowest BCUT2D eigenvalue weighted by Gasteiger charge is -2.11. The summed E-state index contributed by atoms with van der Waals surface area (Å²) in [5, 5.41) is 2.76. The number of allylic oxidation sites excluding steroid dienone is 1. The minimum absolute atomic E-state index is 0.428. The molecule has 0 fully saturated rings. The highest BCUT2D eigenvalue weighted by Crippen LogP contribution is 2.38. The number of fused-ring (bicyclic) bond motifs is 2. The van der Waals surface area contributed by atoms with E-state index in [0.29, 0.717) is 12.0 Å². The number of pyridine rings is 1. The zero-order valence-corrected chi connectivity index (χ0v) is 14.7. The number of ether oxygens (including phenoxy) is 1. The molecule has 0 saturated heterocycles. The van der Waals surface area contributed by atoms with Crippen LogP contribution in [0.15, 0.2) is 41.8 Å². The number of primary amides is 1. The second kappa shape index (κ2) is 6.72. The summed E-state index contributed by atoms with van der Waals surface area (Å²) in [7, 11) is 0. The molecule has 0 spiro atoms. The second-order valence-electron chi connectivity index (χ2n) is 6.06. The Hall–Kier alpha value is -2.99. The van der Waals surface area contributed by atoms with E-state index in [1.54, 1.807) is 11.3 Å². The number of para-hydroxylation sites is 1. The zero-order valence-electron chi connectivity index (χ0n) is 13.9. The molecule has 0 saturated carbocycles. The van der Waals surface area contributed by atoms with Gasteiger partial charge in [-0.15, -0.1) is 11.3 Å². The average molecular weight is 364 g/mol. The number of thiophene rings is 1. The van der Waals surface area contributed by atoms with Crippen LogP contribution in [0.4, 0.5) is 0 Å². The van der Waals surface area contributed by atoms with Crippen LogP contribution >= 0.6 is 11.3 Å². The van der Waals surface area contributed by atoms with Gasteiger partial charge in [0.05, 0.1) is 16.8 Å². The van der Waals surface area contributed by atoms with Gasteiger partial charge in [0.15, 0.2) is 6.61 Å². The molecule has 0 bridgehead atoms. The molecule has 1 aliphatic carbocycles. The molecule has 2 heterocycles. The van der Waals surface area contributed by atoms with Gasteiger partial charge in [0.2, 0.25) is 0 Å². The molecule has 4 rings (SSSR count). The molecule has 5 nitrogen and oxygen atoms in total. The maximum atomic E-state index is 12.7. The molecule has 0 atom stereocenters. The van der Waals surface area contributed by atoms with E-state index in [4.69, 9.17) is 15.5 Å². The van der Waals surface area contributed by atoms with E-state index >= 15 is 0 Å². The molecule has 0 aliphatic heterocycles. The van der Waals surface area contributed by atoms with Crippen LogP contribution in [-0.4, -0.2) is 23.5 Å². The van der Waals surface area contributed by atoms with Crippen LogP contribution in [0, 0.1) is 0 Å². The summed E-state index contributed by atoms with van der Waals surface area (Å²) in [6.45, 7) is -0.428. The molecular formula is C20H16N2O3S. The summed E-state index contributed by atoms with van der Waals surface area (Å²) >= 11 is 1.66. The number of nitrogens with zero attached hydrogens (tertiary/aromatic N) is 1.